The van der Waals surface area contributed by atoms with Gasteiger partial charge in [-0.25, -0.2) is 15.2 Å². The smallest absolute Gasteiger partial charge is 0.241 e. The minimum absolute atomic E-state index is 0.0349. The molecule has 2 N–H and O–H groups in total. The highest BCUT2D eigenvalue weighted by Gasteiger charge is 2.37. The van der Waals surface area contributed by atoms with Crippen LogP contribution in [0, 0.1) is 5.82 Å². The van der Waals surface area contributed by atoms with Crippen LogP contribution in [-0.2, 0) is 11.8 Å². The summed E-state index contributed by atoms with van der Waals surface area (Å²) < 4.78 is 15.3. The van der Waals surface area contributed by atoms with Gasteiger partial charge in [-0.3, -0.25) is 4.79 Å². The summed E-state index contributed by atoms with van der Waals surface area (Å²) in [6.45, 7) is 0.758. The molecule has 3 atom stereocenters. The van der Waals surface area contributed by atoms with Crippen LogP contribution in [-0.4, -0.2) is 28.0 Å². The van der Waals surface area contributed by atoms with Gasteiger partial charge in [-0.1, -0.05) is 12.1 Å². The molecular weight excluding hydrogens is 331 g/mol. The number of amides is 1. The topological polar surface area (TPSA) is 49.3 Å². The number of nitrogens with one attached hydrogen (secondary N) is 2. The van der Waals surface area contributed by atoms with Gasteiger partial charge in [0.1, 0.15) is 11.9 Å². The average molecular weight is 356 g/mol. The van der Waals surface area contributed by atoms with Gasteiger partial charge < -0.3 is 9.47 Å². The minimum atomic E-state index is -0.241. The Labute approximate surface area is 153 Å². The number of carbonyl (C=O) groups is 1. The molecule has 1 aromatic heterocycles. The van der Waals surface area contributed by atoms with Crippen LogP contribution < -0.4 is 10.9 Å². The quantitative estimate of drug-likeness (QED) is 0.889. The number of hydrazine groups is 1. The second kappa shape index (κ2) is 7.21. The lowest BCUT2D eigenvalue weighted by Gasteiger charge is -2.37. The van der Waals surface area contributed by atoms with Crippen LogP contribution >= 0.6 is 0 Å². The van der Waals surface area contributed by atoms with Crippen molar-refractivity contribution in [2.24, 2.45) is 7.05 Å². The molecular formula is C20H25FN4O. The maximum Gasteiger partial charge on any atom is 0.241 e. The van der Waals surface area contributed by atoms with Crippen molar-refractivity contribution in [3.05, 3.63) is 59.7 Å². The van der Waals surface area contributed by atoms with Crippen LogP contribution in [0.2, 0.25) is 0 Å². The SMILES string of the molecule is Cn1cccc1C1CC(C(=O)N2CCCCC2c2ccc(F)cc2)NN1. The van der Waals surface area contributed by atoms with Gasteiger partial charge in [0, 0.05) is 25.5 Å². The zero-order valence-electron chi connectivity index (χ0n) is 15.0. The highest BCUT2D eigenvalue weighted by molar-refractivity contribution is 5.82. The lowest BCUT2D eigenvalue weighted by atomic mass is 9.94. The number of hydrogen-bond acceptors (Lipinski definition) is 3. The first-order valence-corrected chi connectivity index (χ1v) is 9.31. The van der Waals surface area contributed by atoms with E-state index in [1.807, 2.05) is 24.2 Å². The summed E-state index contributed by atoms with van der Waals surface area (Å²) in [4.78, 5) is 15.2. The van der Waals surface area contributed by atoms with Crippen LogP contribution in [0.5, 0.6) is 0 Å². The Hall–Kier alpha value is -2.18. The zero-order chi connectivity index (χ0) is 18.1. The molecule has 1 amide bonds. The van der Waals surface area contributed by atoms with Crippen molar-refractivity contribution in [2.75, 3.05) is 6.54 Å². The number of nitrogens with zero attached hydrogens (tertiary/aromatic N) is 2. The molecule has 0 saturated carbocycles. The first-order chi connectivity index (χ1) is 12.6. The van der Waals surface area contributed by atoms with E-state index in [-0.39, 0.29) is 29.8 Å². The number of likely N-dealkylation sites (tertiary alicyclic amines) is 1. The zero-order valence-corrected chi connectivity index (χ0v) is 15.0. The molecule has 2 aromatic rings. The second-order valence-electron chi connectivity index (χ2n) is 7.27. The molecule has 138 valence electrons. The Morgan fingerprint density at radius 2 is 1.96 bits per heavy atom. The van der Waals surface area contributed by atoms with Crippen molar-refractivity contribution < 1.29 is 9.18 Å². The number of benzene rings is 1. The van der Waals surface area contributed by atoms with Gasteiger partial charge in [-0.2, -0.15) is 0 Å². The highest BCUT2D eigenvalue weighted by atomic mass is 19.1. The van der Waals surface area contributed by atoms with E-state index in [9.17, 15) is 9.18 Å². The molecule has 3 heterocycles. The molecule has 2 fully saturated rings. The van der Waals surface area contributed by atoms with Crippen LogP contribution in [0.1, 0.15) is 49.0 Å². The third-order valence-corrected chi connectivity index (χ3v) is 5.58. The van der Waals surface area contributed by atoms with Gasteiger partial charge in [-0.15, -0.1) is 0 Å². The largest absolute Gasteiger partial charge is 0.353 e. The van der Waals surface area contributed by atoms with Crippen LogP contribution in [0.4, 0.5) is 4.39 Å². The summed E-state index contributed by atoms with van der Waals surface area (Å²) in [5.74, 6) is -0.113. The van der Waals surface area contributed by atoms with Gasteiger partial charge in [0.05, 0.1) is 12.1 Å². The summed E-state index contributed by atoms with van der Waals surface area (Å²) in [6.07, 6.45) is 5.78. The fraction of sp³-hybridized carbons (Fsp3) is 0.450. The van der Waals surface area contributed by atoms with Crippen molar-refractivity contribution in [2.45, 2.75) is 43.8 Å². The Morgan fingerprint density at radius 3 is 2.69 bits per heavy atom. The van der Waals surface area contributed by atoms with Crippen molar-refractivity contribution in [1.82, 2.24) is 20.3 Å². The maximum absolute atomic E-state index is 13.3. The predicted molar refractivity (Wildman–Crippen MR) is 97.5 cm³/mol. The molecule has 2 saturated heterocycles. The van der Waals surface area contributed by atoms with Crippen molar-refractivity contribution >= 4 is 5.91 Å². The fourth-order valence-corrected chi connectivity index (χ4v) is 4.18. The molecule has 0 aliphatic carbocycles. The van der Waals surface area contributed by atoms with Crippen LogP contribution in [0.25, 0.3) is 0 Å². The van der Waals surface area contributed by atoms with Gasteiger partial charge in [-0.05, 0) is 55.5 Å². The Morgan fingerprint density at radius 1 is 1.15 bits per heavy atom. The molecule has 1 aromatic carbocycles. The van der Waals surface area contributed by atoms with E-state index in [4.69, 9.17) is 0 Å². The normalized spacial score (nSPS) is 26.2. The molecule has 26 heavy (non-hydrogen) atoms. The van der Waals surface area contributed by atoms with Gasteiger partial charge >= 0.3 is 0 Å². The van der Waals surface area contributed by atoms with E-state index in [1.165, 1.54) is 17.8 Å². The summed E-state index contributed by atoms with van der Waals surface area (Å²) in [5.41, 5.74) is 8.64. The van der Waals surface area contributed by atoms with Gasteiger partial charge in [0.25, 0.3) is 0 Å². The monoisotopic (exact) mass is 356 g/mol. The van der Waals surface area contributed by atoms with Crippen molar-refractivity contribution in [1.29, 1.82) is 0 Å². The third kappa shape index (κ3) is 3.27. The number of hydrogen-bond donors (Lipinski definition) is 2. The van der Waals surface area contributed by atoms with Crippen LogP contribution in [0.15, 0.2) is 42.6 Å². The Balaban J connectivity index is 1.49. The number of carbonyl (C=O) groups excluding carboxylic acids is 1. The van der Waals surface area contributed by atoms with E-state index < -0.39 is 0 Å². The number of aromatic nitrogens is 1. The summed E-state index contributed by atoms with van der Waals surface area (Å²) in [7, 11) is 2.02. The highest BCUT2D eigenvalue weighted by Crippen LogP contribution is 2.33. The Bertz CT molecular complexity index is 772. The maximum atomic E-state index is 13.3. The van der Waals surface area contributed by atoms with Gasteiger partial charge in [0.2, 0.25) is 5.91 Å². The van der Waals surface area contributed by atoms with E-state index in [0.29, 0.717) is 0 Å². The van der Waals surface area contributed by atoms with E-state index in [1.54, 1.807) is 12.1 Å². The number of piperidine rings is 1. The second-order valence-corrected chi connectivity index (χ2v) is 7.27. The van der Waals surface area contributed by atoms with E-state index in [2.05, 4.69) is 21.5 Å². The molecule has 6 heteroatoms. The number of aryl methyl sites for hydroxylation is 1. The average Bonchev–Trinajstić information content (AvgIpc) is 3.30. The summed E-state index contributed by atoms with van der Waals surface area (Å²) >= 11 is 0. The Kier molecular flexibility index (Phi) is 4.78. The lowest BCUT2D eigenvalue weighted by Crippen LogP contribution is -2.48. The number of halogens is 1. The summed E-state index contributed by atoms with van der Waals surface area (Å²) in [6, 6.07) is 10.6. The molecule has 4 rings (SSSR count). The van der Waals surface area contributed by atoms with Crippen molar-refractivity contribution in [3.63, 3.8) is 0 Å². The van der Waals surface area contributed by atoms with Crippen LogP contribution in [0.3, 0.4) is 0 Å². The molecule has 0 spiro atoms. The molecule has 2 aliphatic rings. The standard InChI is InChI=1S/C20H25FN4O/c1-24-11-4-6-19(24)16-13-17(23-22-16)20(26)25-12-3-2-5-18(25)14-7-9-15(21)10-8-14/h4,6-11,16-18,22-23H,2-3,5,12-13H2,1H3. The van der Waals surface area contributed by atoms with Gasteiger partial charge in [0.15, 0.2) is 0 Å². The predicted octanol–water partition coefficient (Wildman–Crippen LogP) is 2.83. The molecule has 0 radical (unpaired) electrons. The molecule has 2 aliphatic heterocycles. The fourth-order valence-electron chi connectivity index (χ4n) is 4.18. The molecule has 3 unspecified atom stereocenters. The summed E-state index contributed by atoms with van der Waals surface area (Å²) in [5, 5.41) is 0. The van der Waals surface area contributed by atoms with E-state index in [0.717, 1.165) is 37.8 Å². The molecule has 5 nitrogen and oxygen atoms in total. The number of rotatable bonds is 3. The third-order valence-electron chi connectivity index (χ3n) is 5.58. The minimum Gasteiger partial charge on any atom is -0.353 e. The van der Waals surface area contributed by atoms with E-state index >= 15 is 0 Å². The van der Waals surface area contributed by atoms with Crippen molar-refractivity contribution in [3.8, 4) is 0 Å². The first kappa shape index (κ1) is 17.2. The lowest BCUT2D eigenvalue weighted by molar-refractivity contribution is -0.137. The molecule has 0 bridgehead atoms. The first-order valence-electron chi connectivity index (χ1n) is 9.31.